The Kier molecular flexibility index (Phi) is 2.41. The Morgan fingerprint density at radius 1 is 1.43 bits per heavy atom. The molecule has 1 aromatic carbocycles. The Bertz CT molecular complexity index is 346. The first kappa shape index (κ1) is 9.09. The molecule has 0 saturated heterocycles. The zero-order chi connectivity index (χ0) is 9.97. The minimum absolute atomic E-state index is 0.0931. The average Bonchev–Trinajstić information content (AvgIpc) is 2.66. The summed E-state index contributed by atoms with van der Waals surface area (Å²) in [6.45, 7) is 4.00. The summed E-state index contributed by atoms with van der Waals surface area (Å²) >= 11 is 0. The van der Waals surface area contributed by atoms with Crippen molar-refractivity contribution in [2.75, 3.05) is 13.9 Å². The summed E-state index contributed by atoms with van der Waals surface area (Å²) in [6, 6.07) is 5.74. The van der Waals surface area contributed by atoms with Crippen molar-refractivity contribution in [2.24, 2.45) is 0 Å². The van der Waals surface area contributed by atoms with Gasteiger partial charge in [0.2, 0.25) is 6.79 Å². The summed E-state index contributed by atoms with van der Waals surface area (Å²) in [5, 5.41) is 0. The maximum absolute atomic E-state index is 5.27. The summed E-state index contributed by atoms with van der Waals surface area (Å²) in [5.41, 5.74) is 1.02. The zero-order valence-corrected chi connectivity index (χ0v) is 8.03. The molecule has 3 heteroatoms. The number of fused-ring (bicyclic) bond motifs is 1. The molecule has 1 atom stereocenters. The molecular weight excluding hydrogens is 180 g/mol. The van der Waals surface area contributed by atoms with Crippen molar-refractivity contribution < 1.29 is 14.2 Å². The van der Waals surface area contributed by atoms with Gasteiger partial charge in [0.15, 0.2) is 11.5 Å². The van der Waals surface area contributed by atoms with Gasteiger partial charge in [-0.2, -0.15) is 0 Å². The molecular formula is C11H12O3. The van der Waals surface area contributed by atoms with E-state index < -0.39 is 0 Å². The number of hydrogen-bond acceptors (Lipinski definition) is 3. The van der Waals surface area contributed by atoms with E-state index in [4.69, 9.17) is 14.2 Å². The monoisotopic (exact) mass is 192 g/mol. The second-order valence-corrected chi connectivity index (χ2v) is 3.00. The van der Waals surface area contributed by atoms with Gasteiger partial charge in [0.25, 0.3) is 0 Å². The zero-order valence-electron chi connectivity index (χ0n) is 8.03. The first-order valence-electron chi connectivity index (χ1n) is 4.40. The van der Waals surface area contributed by atoms with Crippen LogP contribution in [0.15, 0.2) is 30.9 Å². The van der Waals surface area contributed by atoms with E-state index in [-0.39, 0.29) is 6.10 Å². The topological polar surface area (TPSA) is 27.7 Å². The molecule has 1 heterocycles. The molecule has 0 radical (unpaired) electrons. The normalized spacial score (nSPS) is 15.2. The number of methoxy groups -OCH3 is 1. The fourth-order valence-electron chi connectivity index (χ4n) is 1.46. The van der Waals surface area contributed by atoms with E-state index in [1.807, 2.05) is 18.2 Å². The molecule has 74 valence electrons. The first-order valence-corrected chi connectivity index (χ1v) is 4.40. The van der Waals surface area contributed by atoms with E-state index >= 15 is 0 Å². The second kappa shape index (κ2) is 3.72. The van der Waals surface area contributed by atoms with Gasteiger partial charge in [0.1, 0.15) is 6.10 Å². The van der Waals surface area contributed by atoms with Crippen LogP contribution in [0.5, 0.6) is 11.5 Å². The van der Waals surface area contributed by atoms with Gasteiger partial charge >= 0.3 is 0 Å². The Labute approximate surface area is 82.9 Å². The molecule has 0 N–H and O–H groups in total. The molecule has 0 aliphatic carbocycles. The van der Waals surface area contributed by atoms with Crippen LogP contribution >= 0.6 is 0 Å². The average molecular weight is 192 g/mol. The molecule has 14 heavy (non-hydrogen) atoms. The summed E-state index contributed by atoms with van der Waals surface area (Å²) in [7, 11) is 1.65. The Hall–Kier alpha value is -1.48. The molecule has 0 fully saturated rings. The van der Waals surface area contributed by atoms with Crippen molar-refractivity contribution in [1.82, 2.24) is 0 Å². The molecule has 1 aliphatic rings. The lowest BCUT2D eigenvalue weighted by molar-refractivity contribution is 0.142. The van der Waals surface area contributed by atoms with Gasteiger partial charge in [-0.3, -0.25) is 0 Å². The molecule has 2 rings (SSSR count). The van der Waals surface area contributed by atoms with E-state index in [9.17, 15) is 0 Å². The first-order chi connectivity index (χ1) is 6.85. The molecule has 0 saturated carbocycles. The van der Waals surface area contributed by atoms with Gasteiger partial charge in [-0.15, -0.1) is 6.58 Å². The molecule has 1 aliphatic heterocycles. The largest absolute Gasteiger partial charge is 0.454 e. The Morgan fingerprint density at radius 2 is 2.21 bits per heavy atom. The van der Waals surface area contributed by atoms with Crippen LogP contribution in [0.1, 0.15) is 11.7 Å². The maximum atomic E-state index is 5.27. The van der Waals surface area contributed by atoms with Crippen LogP contribution in [0.2, 0.25) is 0 Å². The van der Waals surface area contributed by atoms with E-state index in [1.54, 1.807) is 13.2 Å². The number of hydrogen-bond donors (Lipinski definition) is 0. The summed E-state index contributed by atoms with van der Waals surface area (Å²) in [5.74, 6) is 1.55. The number of benzene rings is 1. The molecule has 3 nitrogen and oxygen atoms in total. The minimum Gasteiger partial charge on any atom is -0.454 e. The van der Waals surface area contributed by atoms with Crippen molar-refractivity contribution in [3.63, 3.8) is 0 Å². The van der Waals surface area contributed by atoms with Crippen molar-refractivity contribution in [3.05, 3.63) is 36.4 Å². The molecule has 1 aromatic rings. The smallest absolute Gasteiger partial charge is 0.231 e. The Balaban J connectivity index is 2.32. The van der Waals surface area contributed by atoms with E-state index in [0.717, 1.165) is 17.1 Å². The Morgan fingerprint density at radius 3 is 2.93 bits per heavy atom. The van der Waals surface area contributed by atoms with Crippen LogP contribution in [0.3, 0.4) is 0 Å². The van der Waals surface area contributed by atoms with Gasteiger partial charge in [-0.25, -0.2) is 0 Å². The van der Waals surface area contributed by atoms with Crippen molar-refractivity contribution in [2.45, 2.75) is 6.10 Å². The molecule has 1 unspecified atom stereocenters. The van der Waals surface area contributed by atoms with E-state index in [2.05, 4.69) is 6.58 Å². The minimum atomic E-state index is -0.0931. The maximum Gasteiger partial charge on any atom is 0.231 e. The lowest BCUT2D eigenvalue weighted by Gasteiger charge is -2.10. The fraction of sp³-hybridized carbons (Fsp3) is 0.273. The van der Waals surface area contributed by atoms with Crippen LogP contribution in [0, 0.1) is 0 Å². The third-order valence-corrected chi connectivity index (χ3v) is 2.19. The van der Waals surface area contributed by atoms with Gasteiger partial charge in [-0.1, -0.05) is 12.1 Å². The lowest BCUT2D eigenvalue weighted by atomic mass is 10.1. The number of ether oxygens (including phenoxy) is 3. The SMILES string of the molecule is C=CC(OC)c1ccc2c(c1)OCO2. The van der Waals surface area contributed by atoms with Crippen LogP contribution in [-0.4, -0.2) is 13.9 Å². The summed E-state index contributed by atoms with van der Waals surface area (Å²) in [4.78, 5) is 0. The van der Waals surface area contributed by atoms with Gasteiger partial charge < -0.3 is 14.2 Å². The second-order valence-electron chi connectivity index (χ2n) is 3.00. The van der Waals surface area contributed by atoms with E-state index in [0.29, 0.717) is 6.79 Å². The third kappa shape index (κ3) is 1.46. The van der Waals surface area contributed by atoms with Gasteiger partial charge in [0, 0.05) is 7.11 Å². The highest BCUT2D eigenvalue weighted by molar-refractivity contribution is 5.45. The van der Waals surface area contributed by atoms with E-state index in [1.165, 1.54) is 0 Å². The van der Waals surface area contributed by atoms with Crippen LogP contribution in [-0.2, 0) is 4.74 Å². The van der Waals surface area contributed by atoms with Crippen LogP contribution in [0.4, 0.5) is 0 Å². The predicted molar refractivity (Wildman–Crippen MR) is 52.5 cm³/mol. The highest BCUT2D eigenvalue weighted by Crippen LogP contribution is 2.34. The third-order valence-electron chi connectivity index (χ3n) is 2.19. The molecule has 0 spiro atoms. The highest BCUT2D eigenvalue weighted by Gasteiger charge is 2.15. The number of rotatable bonds is 3. The van der Waals surface area contributed by atoms with Crippen molar-refractivity contribution >= 4 is 0 Å². The lowest BCUT2D eigenvalue weighted by Crippen LogP contribution is -1.96. The predicted octanol–water partition coefficient (Wildman–Crippen LogP) is 2.29. The standard InChI is InChI=1S/C11H12O3/c1-3-9(12-2)8-4-5-10-11(6-8)14-7-13-10/h3-6,9H,1,7H2,2H3. The quantitative estimate of drug-likeness (QED) is 0.688. The van der Waals surface area contributed by atoms with Crippen LogP contribution in [0.25, 0.3) is 0 Å². The molecule has 0 bridgehead atoms. The van der Waals surface area contributed by atoms with Crippen LogP contribution < -0.4 is 9.47 Å². The van der Waals surface area contributed by atoms with Gasteiger partial charge in [-0.05, 0) is 17.7 Å². The summed E-state index contributed by atoms with van der Waals surface area (Å²) in [6.07, 6.45) is 1.65. The molecule has 0 amide bonds. The summed E-state index contributed by atoms with van der Waals surface area (Å²) < 4.78 is 15.7. The van der Waals surface area contributed by atoms with Gasteiger partial charge in [0.05, 0.1) is 0 Å². The molecule has 0 aromatic heterocycles. The van der Waals surface area contributed by atoms with Crippen molar-refractivity contribution in [1.29, 1.82) is 0 Å². The van der Waals surface area contributed by atoms with Crippen molar-refractivity contribution in [3.8, 4) is 11.5 Å². The fourth-order valence-corrected chi connectivity index (χ4v) is 1.46. The highest BCUT2D eigenvalue weighted by atomic mass is 16.7.